The van der Waals surface area contributed by atoms with E-state index in [1.165, 1.54) is 0 Å². The predicted molar refractivity (Wildman–Crippen MR) is 75.7 cm³/mol. The van der Waals surface area contributed by atoms with Gasteiger partial charge in [0.1, 0.15) is 0 Å². The summed E-state index contributed by atoms with van der Waals surface area (Å²) in [6, 6.07) is 8.86. The molecule has 1 aromatic carbocycles. The van der Waals surface area contributed by atoms with E-state index in [1.54, 1.807) is 24.3 Å². The van der Waals surface area contributed by atoms with E-state index in [0.717, 1.165) is 0 Å². The lowest BCUT2D eigenvalue weighted by atomic mass is 9.78. The minimum absolute atomic E-state index is 0.201. The van der Waals surface area contributed by atoms with Crippen LogP contribution in [-0.2, 0) is 0 Å². The lowest BCUT2D eigenvalue weighted by Crippen LogP contribution is -2.53. The Kier molecular flexibility index (Phi) is 6.55. The van der Waals surface area contributed by atoms with E-state index in [4.69, 9.17) is 0 Å². The van der Waals surface area contributed by atoms with Gasteiger partial charge in [0, 0.05) is 12.1 Å². The lowest BCUT2D eigenvalue weighted by Gasteiger charge is -2.29. The van der Waals surface area contributed by atoms with Crippen molar-refractivity contribution in [2.75, 3.05) is 19.6 Å². The number of rotatable bonds is 7. The third-order valence-electron chi connectivity index (χ3n) is 3.13. The molecule has 0 bridgehead atoms. The second-order valence-electron chi connectivity index (χ2n) is 4.28. The molecule has 0 aromatic heterocycles. The summed E-state index contributed by atoms with van der Waals surface area (Å²) in [5.41, 5.74) is 0.563. The van der Waals surface area contributed by atoms with Crippen LogP contribution in [0.4, 0.5) is 0 Å². The SMILES string of the molecule is CCN(CC)[C@H](CNC(=O)c1ccccc1)B(O)O. The fourth-order valence-corrected chi connectivity index (χ4v) is 2.00. The molecule has 0 fully saturated rings. The quantitative estimate of drug-likeness (QED) is 0.612. The summed E-state index contributed by atoms with van der Waals surface area (Å²) in [5, 5.41) is 21.5. The van der Waals surface area contributed by atoms with Crippen LogP contribution in [0.3, 0.4) is 0 Å². The first-order valence-electron chi connectivity index (χ1n) is 6.53. The van der Waals surface area contributed by atoms with Gasteiger partial charge in [-0.15, -0.1) is 0 Å². The van der Waals surface area contributed by atoms with Crippen molar-refractivity contribution in [2.45, 2.75) is 19.8 Å². The molecule has 1 atom stereocenters. The van der Waals surface area contributed by atoms with Crippen molar-refractivity contribution in [3.8, 4) is 0 Å². The number of benzene rings is 1. The molecule has 104 valence electrons. The summed E-state index contributed by atoms with van der Waals surface area (Å²) < 4.78 is 0. The minimum Gasteiger partial charge on any atom is -0.426 e. The summed E-state index contributed by atoms with van der Waals surface area (Å²) in [6.45, 7) is 5.48. The monoisotopic (exact) mass is 264 g/mol. The Labute approximate surface area is 114 Å². The van der Waals surface area contributed by atoms with Gasteiger partial charge in [-0.3, -0.25) is 4.79 Å². The fourth-order valence-electron chi connectivity index (χ4n) is 2.00. The highest BCUT2D eigenvalue weighted by atomic mass is 16.4. The number of nitrogens with zero attached hydrogens (tertiary/aromatic N) is 1. The molecule has 0 radical (unpaired) electrons. The van der Waals surface area contributed by atoms with E-state index in [0.29, 0.717) is 18.7 Å². The zero-order valence-electron chi connectivity index (χ0n) is 11.4. The maximum atomic E-state index is 11.9. The zero-order valence-corrected chi connectivity index (χ0v) is 11.4. The van der Waals surface area contributed by atoms with E-state index in [1.807, 2.05) is 24.8 Å². The Morgan fingerprint density at radius 3 is 2.32 bits per heavy atom. The van der Waals surface area contributed by atoms with Crippen LogP contribution in [0.1, 0.15) is 24.2 Å². The first kappa shape index (κ1) is 15.7. The van der Waals surface area contributed by atoms with Crippen LogP contribution < -0.4 is 5.32 Å². The average Bonchev–Trinajstić information content (AvgIpc) is 2.43. The van der Waals surface area contributed by atoms with Crippen molar-refractivity contribution >= 4 is 13.0 Å². The maximum absolute atomic E-state index is 11.9. The predicted octanol–water partition coefficient (Wildman–Crippen LogP) is 0.139. The molecule has 1 aromatic rings. The second kappa shape index (κ2) is 7.94. The summed E-state index contributed by atoms with van der Waals surface area (Å²) in [4.78, 5) is 13.8. The van der Waals surface area contributed by atoms with Crippen LogP contribution in [-0.4, -0.2) is 53.5 Å². The van der Waals surface area contributed by atoms with E-state index >= 15 is 0 Å². The van der Waals surface area contributed by atoms with E-state index in [9.17, 15) is 14.8 Å². The van der Waals surface area contributed by atoms with Crippen LogP contribution in [0, 0.1) is 0 Å². The van der Waals surface area contributed by atoms with E-state index in [2.05, 4.69) is 5.32 Å². The van der Waals surface area contributed by atoms with Gasteiger partial charge in [-0.1, -0.05) is 32.0 Å². The Balaban J connectivity index is 2.59. The van der Waals surface area contributed by atoms with Gasteiger partial charge < -0.3 is 20.3 Å². The van der Waals surface area contributed by atoms with Gasteiger partial charge in [0.2, 0.25) is 0 Å². The average molecular weight is 264 g/mol. The molecule has 3 N–H and O–H groups in total. The molecule has 1 rings (SSSR count). The number of nitrogens with one attached hydrogen (secondary N) is 1. The molecule has 1 amide bonds. The Hall–Kier alpha value is -1.37. The van der Waals surface area contributed by atoms with Crippen molar-refractivity contribution in [3.05, 3.63) is 35.9 Å². The van der Waals surface area contributed by atoms with Crippen LogP contribution in [0.5, 0.6) is 0 Å². The largest absolute Gasteiger partial charge is 0.471 e. The number of hydrogen-bond acceptors (Lipinski definition) is 4. The number of carbonyl (C=O) groups is 1. The van der Waals surface area contributed by atoms with Crippen LogP contribution in [0.2, 0.25) is 0 Å². The van der Waals surface area contributed by atoms with Gasteiger partial charge in [-0.05, 0) is 25.2 Å². The highest BCUT2D eigenvalue weighted by Crippen LogP contribution is 2.02. The van der Waals surface area contributed by atoms with E-state index < -0.39 is 13.1 Å². The zero-order chi connectivity index (χ0) is 14.3. The molecule has 5 nitrogen and oxygen atoms in total. The van der Waals surface area contributed by atoms with Crippen molar-refractivity contribution in [1.29, 1.82) is 0 Å². The first-order valence-corrected chi connectivity index (χ1v) is 6.53. The Morgan fingerprint density at radius 1 is 1.26 bits per heavy atom. The van der Waals surface area contributed by atoms with Crippen LogP contribution in [0.25, 0.3) is 0 Å². The van der Waals surface area contributed by atoms with Gasteiger partial charge >= 0.3 is 7.12 Å². The van der Waals surface area contributed by atoms with Crippen molar-refractivity contribution in [1.82, 2.24) is 10.2 Å². The minimum atomic E-state index is -1.48. The summed E-state index contributed by atoms with van der Waals surface area (Å²) in [6.07, 6.45) is 0. The molecule has 6 heteroatoms. The molecule has 0 heterocycles. The number of hydrogen-bond donors (Lipinski definition) is 3. The van der Waals surface area contributed by atoms with Crippen LogP contribution >= 0.6 is 0 Å². The molecule has 0 saturated heterocycles. The third-order valence-corrected chi connectivity index (χ3v) is 3.13. The maximum Gasteiger partial charge on any atom is 0.471 e. The van der Waals surface area contributed by atoms with Crippen molar-refractivity contribution in [2.24, 2.45) is 0 Å². The summed E-state index contributed by atoms with van der Waals surface area (Å²) in [7, 11) is -1.48. The molecule has 0 unspecified atom stereocenters. The van der Waals surface area contributed by atoms with Gasteiger partial charge in [-0.2, -0.15) is 0 Å². The van der Waals surface area contributed by atoms with E-state index in [-0.39, 0.29) is 12.5 Å². The number of likely N-dealkylation sites (N-methyl/N-ethyl adjacent to an activating group) is 1. The molecule has 0 aliphatic carbocycles. The summed E-state index contributed by atoms with van der Waals surface area (Å²) >= 11 is 0. The van der Waals surface area contributed by atoms with Crippen LogP contribution in [0.15, 0.2) is 30.3 Å². The highest BCUT2D eigenvalue weighted by molar-refractivity contribution is 6.43. The van der Waals surface area contributed by atoms with Crippen molar-refractivity contribution < 1.29 is 14.8 Å². The molecular formula is C13H21BN2O3. The summed E-state index contributed by atoms with van der Waals surface area (Å²) in [5.74, 6) is -0.707. The molecule has 0 aliphatic rings. The number of amides is 1. The van der Waals surface area contributed by atoms with Crippen molar-refractivity contribution in [3.63, 3.8) is 0 Å². The molecule has 0 aliphatic heterocycles. The smallest absolute Gasteiger partial charge is 0.426 e. The third kappa shape index (κ3) is 4.67. The van der Waals surface area contributed by atoms with Gasteiger partial charge in [0.15, 0.2) is 0 Å². The van der Waals surface area contributed by atoms with Gasteiger partial charge in [0.05, 0.1) is 5.94 Å². The molecule has 19 heavy (non-hydrogen) atoms. The topological polar surface area (TPSA) is 72.8 Å². The Bertz CT molecular complexity index is 383. The molecular weight excluding hydrogens is 243 g/mol. The molecule has 0 saturated carbocycles. The number of carbonyl (C=O) groups excluding carboxylic acids is 1. The van der Waals surface area contributed by atoms with Gasteiger partial charge in [-0.25, -0.2) is 0 Å². The standard InChI is InChI=1S/C13H21BN2O3/c1-3-16(4-2)12(14(18)19)10-15-13(17)11-8-6-5-7-9-11/h5-9,12,18-19H,3-4,10H2,1-2H3,(H,15,17)/t12-/m1/s1. The first-order chi connectivity index (χ1) is 9.10. The lowest BCUT2D eigenvalue weighted by molar-refractivity contribution is 0.0941. The van der Waals surface area contributed by atoms with Gasteiger partial charge in [0.25, 0.3) is 5.91 Å². The fraction of sp³-hybridized carbons (Fsp3) is 0.462. The normalized spacial score (nSPS) is 12.3. The Morgan fingerprint density at radius 2 is 1.84 bits per heavy atom. The molecule has 0 spiro atoms. The highest BCUT2D eigenvalue weighted by Gasteiger charge is 2.28. The second-order valence-corrected chi connectivity index (χ2v) is 4.28.